The van der Waals surface area contributed by atoms with Crippen LogP contribution in [0.25, 0.3) is 0 Å². The molecule has 2 atom stereocenters. The Morgan fingerprint density at radius 2 is 1.40 bits per heavy atom. The molecule has 0 N–H and O–H groups in total. The number of hydrogen-bond acceptors (Lipinski definition) is 2. The lowest BCUT2D eigenvalue weighted by atomic mass is 9.52. The summed E-state index contributed by atoms with van der Waals surface area (Å²) in [6.07, 6.45) is 3.72. The smallest absolute Gasteiger partial charge is 0.403 e. The third kappa shape index (κ3) is 3.56. The topological polar surface area (TPSA) is 18.5 Å². The van der Waals surface area contributed by atoms with Crippen LogP contribution in [0.5, 0.6) is 0 Å². The van der Waals surface area contributed by atoms with Gasteiger partial charge in [-0.2, -0.15) is 8.78 Å². The van der Waals surface area contributed by atoms with Crippen molar-refractivity contribution in [2.45, 2.75) is 91.2 Å². The number of allylic oxidation sites excluding steroid dienone is 1. The lowest BCUT2D eigenvalue weighted by Gasteiger charge is -2.51. The zero-order chi connectivity index (χ0) is 18.6. The zero-order valence-corrected chi connectivity index (χ0v) is 16.6. The summed E-state index contributed by atoms with van der Waals surface area (Å²) in [5, 5.41) is 0. The average Bonchev–Trinajstić information content (AvgIpc) is 2.61. The minimum Gasteiger partial charge on any atom is -0.403 e. The summed E-state index contributed by atoms with van der Waals surface area (Å²) in [5.74, 6) is 1.61. The summed E-state index contributed by atoms with van der Waals surface area (Å²) < 4.78 is 40.3. The maximum absolute atomic E-state index is 14.1. The molecule has 3 rings (SSSR count). The van der Waals surface area contributed by atoms with Gasteiger partial charge in [0.2, 0.25) is 0 Å². The van der Waals surface area contributed by atoms with Crippen molar-refractivity contribution in [3.8, 4) is 0 Å². The summed E-state index contributed by atoms with van der Waals surface area (Å²) in [5.41, 5.74) is -0.998. The molecule has 0 aromatic heterocycles. The number of rotatable bonds is 3. The Labute approximate surface area is 151 Å². The Hall–Kier alpha value is -0.415. The van der Waals surface area contributed by atoms with E-state index in [0.717, 1.165) is 19.3 Å². The van der Waals surface area contributed by atoms with Crippen LogP contribution in [0, 0.1) is 23.2 Å². The maximum Gasteiger partial charge on any atom is 0.462 e. The Morgan fingerprint density at radius 3 is 1.84 bits per heavy atom. The van der Waals surface area contributed by atoms with Gasteiger partial charge in [0.25, 0.3) is 6.08 Å². The van der Waals surface area contributed by atoms with Crippen molar-refractivity contribution < 1.29 is 18.1 Å². The normalized spacial score (nSPS) is 39.4. The van der Waals surface area contributed by atoms with E-state index in [1.54, 1.807) is 0 Å². The van der Waals surface area contributed by atoms with E-state index in [0.29, 0.717) is 23.3 Å². The molecule has 0 aromatic carbocycles. The number of hydrogen-bond donors (Lipinski definition) is 0. The summed E-state index contributed by atoms with van der Waals surface area (Å²) in [7, 11) is -0.580. The van der Waals surface area contributed by atoms with Crippen molar-refractivity contribution in [3.05, 3.63) is 11.7 Å². The Kier molecular flexibility index (Phi) is 4.90. The van der Waals surface area contributed by atoms with Crippen LogP contribution in [0.1, 0.15) is 73.6 Å². The standard InChI is InChI=1S/C20H33BF2O2/c1-13-7-15-8-14(2)10-20(9-13,11-15)16(17(22)23)12-21-24-18(3,4)19(5,6)25-21/h13-15H,7-12H2,1-6H3. The molecule has 5 heteroatoms. The van der Waals surface area contributed by atoms with Crippen LogP contribution in [0.3, 0.4) is 0 Å². The van der Waals surface area contributed by atoms with Crippen LogP contribution in [-0.4, -0.2) is 18.3 Å². The van der Waals surface area contributed by atoms with Crippen molar-refractivity contribution in [2.24, 2.45) is 23.2 Å². The van der Waals surface area contributed by atoms with Gasteiger partial charge in [0.15, 0.2) is 0 Å². The van der Waals surface area contributed by atoms with E-state index in [1.165, 1.54) is 12.8 Å². The first-order valence-electron chi connectivity index (χ1n) is 9.84. The molecule has 2 nitrogen and oxygen atoms in total. The molecule has 0 radical (unpaired) electrons. The van der Waals surface area contributed by atoms with E-state index < -0.39 is 24.4 Å². The molecule has 0 spiro atoms. The molecule has 3 aliphatic rings. The van der Waals surface area contributed by atoms with E-state index in [-0.39, 0.29) is 11.7 Å². The van der Waals surface area contributed by atoms with Gasteiger partial charge in [-0.3, -0.25) is 0 Å². The van der Waals surface area contributed by atoms with E-state index >= 15 is 0 Å². The lowest BCUT2D eigenvalue weighted by Crippen LogP contribution is -2.41. The summed E-state index contributed by atoms with van der Waals surface area (Å²) >= 11 is 0. The van der Waals surface area contributed by atoms with Crippen LogP contribution in [-0.2, 0) is 9.31 Å². The SMILES string of the molecule is CC1CC2CC(C)CC(C(CB3OC(C)(C)C(C)(C)O3)=C(F)F)(C1)C2. The molecule has 0 aromatic rings. The Morgan fingerprint density at radius 1 is 0.920 bits per heavy atom. The first kappa shape index (κ1) is 19.3. The predicted molar refractivity (Wildman–Crippen MR) is 97.5 cm³/mol. The molecule has 3 fully saturated rings. The minimum atomic E-state index is -1.50. The van der Waals surface area contributed by atoms with Gasteiger partial charge in [-0.1, -0.05) is 13.8 Å². The number of halogens is 2. The van der Waals surface area contributed by atoms with Crippen LogP contribution in [0.15, 0.2) is 11.7 Å². The molecule has 25 heavy (non-hydrogen) atoms. The highest BCUT2D eigenvalue weighted by atomic mass is 19.3. The highest BCUT2D eigenvalue weighted by Gasteiger charge is 2.54. The van der Waals surface area contributed by atoms with Gasteiger partial charge in [-0.05, 0) is 88.5 Å². The summed E-state index contributed by atoms with van der Waals surface area (Å²) in [6.45, 7) is 12.3. The molecular formula is C20H33BF2O2. The Balaban J connectivity index is 1.86. The van der Waals surface area contributed by atoms with Crippen LogP contribution < -0.4 is 0 Å². The molecule has 2 saturated carbocycles. The van der Waals surface area contributed by atoms with Gasteiger partial charge >= 0.3 is 7.12 Å². The second-order valence-electron chi connectivity index (χ2n) is 10.1. The van der Waals surface area contributed by atoms with Gasteiger partial charge in [-0.25, -0.2) is 0 Å². The fraction of sp³-hybridized carbons (Fsp3) is 0.900. The fourth-order valence-corrected chi connectivity index (χ4v) is 5.78. The molecule has 1 saturated heterocycles. The third-order valence-corrected chi connectivity index (χ3v) is 7.17. The first-order valence-corrected chi connectivity index (χ1v) is 9.84. The summed E-state index contributed by atoms with van der Waals surface area (Å²) in [4.78, 5) is 0. The van der Waals surface area contributed by atoms with Crippen LogP contribution >= 0.6 is 0 Å². The Bertz CT molecular complexity index is 518. The second kappa shape index (κ2) is 6.33. The minimum absolute atomic E-state index is 0.196. The van der Waals surface area contributed by atoms with Crippen molar-refractivity contribution in [1.29, 1.82) is 0 Å². The molecule has 2 aliphatic carbocycles. The van der Waals surface area contributed by atoms with Gasteiger partial charge in [-0.15, -0.1) is 0 Å². The molecule has 2 bridgehead atoms. The van der Waals surface area contributed by atoms with Crippen LogP contribution in [0.2, 0.25) is 6.32 Å². The molecule has 142 valence electrons. The van der Waals surface area contributed by atoms with E-state index in [9.17, 15) is 8.78 Å². The second-order valence-corrected chi connectivity index (χ2v) is 10.1. The molecule has 1 heterocycles. The van der Waals surface area contributed by atoms with E-state index in [2.05, 4.69) is 13.8 Å². The lowest BCUT2D eigenvalue weighted by molar-refractivity contribution is 0.00578. The van der Waals surface area contributed by atoms with Gasteiger partial charge in [0.05, 0.1) is 11.2 Å². The summed E-state index contributed by atoms with van der Waals surface area (Å²) in [6, 6.07) is 0. The predicted octanol–water partition coefficient (Wildman–Crippen LogP) is 6.08. The molecule has 1 aliphatic heterocycles. The van der Waals surface area contributed by atoms with Crippen LogP contribution in [0.4, 0.5) is 8.78 Å². The highest BCUT2D eigenvalue weighted by Crippen LogP contribution is 2.58. The maximum atomic E-state index is 14.1. The fourth-order valence-electron chi connectivity index (χ4n) is 5.78. The van der Waals surface area contributed by atoms with Crippen molar-refractivity contribution in [2.75, 3.05) is 0 Å². The van der Waals surface area contributed by atoms with Gasteiger partial charge in [0.1, 0.15) is 0 Å². The van der Waals surface area contributed by atoms with Crippen molar-refractivity contribution in [3.63, 3.8) is 0 Å². The first-order chi connectivity index (χ1) is 11.4. The number of fused-ring (bicyclic) bond motifs is 2. The third-order valence-electron chi connectivity index (χ3n) is 7.17. The average molecular weight is 354 g/mol. The van der Waals surface area contributed by atoms with Crippen molar-refractivity contribution >= 4 is 7.12 Å². The monoisotopic (exact) mass is 354 g/mol. The zero-order valence-electron chi connectivity index (χ0n) is 16.6. The largest absolute Gasteiger partial charge is 0.462 e. The molecule has 0 amide bonds. The quantitative estimate of drug-likeness (QED) is 0.572. The van der Waals surface area contributed by atoms with Crippen molar-refractivity contribution in [1.82, 2.24) is 0 Å². The van der Waals surface area contributed by atoms with Gasteiger partial charge < -0.3 is 9.31 Å². The van der Waals surface area contributed by atoms with Gasteiger partial charge in [0, 0.05) is 6.32 Å². The molecular weight excluding hydrogens is 321 g/mol. The highest BCUT2D eigenvalue weighted by molar-refractivity contribution is 6.46. The van der Waals surface area contributed by atoms with E-state index in [1.807, 2.05) is 27.7 Å². The molecule has 2 unspecified atom stereocenters. The van der Waals surface area contributed by atoms with E-state index in [4.69, 9.17) is 9.31 Å².